The van der Waals surface area contributed by atoms with Gasteiger partial charge in [-0.05, 0) is 37.0 Å². The molecule has 0 heterocycles. The molecule has 146 valence electrons. The van der Waals surface area contributed by atoms with Gasteiger partial charge < -0.3 is 16.2 Å². The average Bonchev–Trinajstić information content (AvgIpc) is 2.43. The Kier molecular flexibility index (Phi) is 10.6. The third-order valence-electron chi connectivity index (χ3n) is 4.03. The fourth-order valence-electron chi connectivity index (χ4n) is 2.87. The summed E-state index contributed by atoms with van der Waals surface area (Å²) in [4.78, 5) is 36.3. The van der Waals surface area contributed by atoms with E-state index in [2.05, 4.69) is 5.32 Å². The molecule has 0 aromatic carbocycles. The van der Waals surface area contributed by atoms with Crippen LogP contribution in [0.1, 0.15) is 67.2 Å². The molecule has 0 spiro atoms. The molecule has 4 N–H and O–H groups in total. The Morgan fingerprint density at radius 1 is 0.880 bits per heavy atom. The Labute approximate surface area is 151 Å². The van der Waals surface area contributed by atoms with Crippen molar-refractivity contribution in [2.24, 2.45) is 29.4 Å². The quantitative estimate of drug-likeness (QED) is 0.498. The SMILES string of the molecule is CC(C)C[C@H](CC(=O)[C@@H](N)CC(C)C)C(=O)N[C@@H](CC(C)C)C(=O)O. The summed E-state index contributed by atoms with van der Waals surface area (Å²) in [5, 5.41) is 11.9. The molecule has 0 aliphatic rings. The summed E-state index contributed by atoms with van der Waals surface area (Å²) in [6.07, 6.45) is 1.53. The van der Waals surface area contributed by atoms with Crippen LogP contribution in [0.2, 0.25) is 0 Å². The molecule has 0 aromatic rings. The average molecular weight is 357 g/mol. The van der Waals surface area contributed by atoms with Crippen LogP contribution in [0, 0.1) is 23.7 Å². The first-order valence-electron chi connectivity index (χ1n) is 9.25. The number of carbonyl (C=O) groups excluding carboxylic acids is 2. The Morgan fingerprint density at radius 3 is 1.76 bits per heavy atom. The van der Waals surface area contributed by atoms with Gasteiger partial charge in [-0.25, -0.2) is 4.79 Å². The molecule has 0 saturated heterocycles. The molecule has 0 saturated carbocycles. The van der Waals surface area contributed by atoms with E-state index in [0.717, 1.165) is 0 Å². The Balaban J connectivity index is 5.02. The van der Waals surface area contributed by atoms with Gasteiger partial charge in [0, 0.05) is 12.3 Å². The van der Waals surface area contributed by atoms with Crippen molar-refractivity contribution < 1.29 is 19.5 Å². The van der Waals surface area contributed by atoms with E-state index in [-0.39, 0.29) is 29.9 Å². The van der Waals surface area contributed by atoms with E-state index in [1.165, 1.54) is 0 Å². The molecule has 0 aromatic heterocycles. The van der Waals surface area contributed by atoms with E-state index < -0.39 is 24.0 Å². The van der Waals surface area contributed by atoms with Gasteiger partial charge >= 0.3 is 5.97 Å². The summed E-state index contributed by atoms with van der Waals surface area (Å²) in [6, 6.07) is -1.50. The minimum atomic E-state index is -1.05. The van der Waals surface area contributed by atoms with E-state index in [0.29, 0.717) is 25.2 Å². The Morgan fingerprint density at radius 2 is 1.36 bits per heavy atom. The van der Waals surface area contributed by atoms with Gasteiger partial charge in [0.15, 0.2) is 0 Å². The van der Waals surface area contributed by atoms with Crippen LogP contribution in [0.5, 0.6) is 0 Å². The number of hydrogen-bond donors (Lipinski definition) is 3. The summed E-state index contributed by atoms with van der Waals surface area (Å²) in [5.74, 6) is -1.42. The molecule has 25 heavy (non-hydrogen) atoms. The van der Waals surface area contributed by atoms with Gasteiger partial charge in [0.05, 0.1) is 6.04 Å². The number of amides is 1. The first-order chi connectivity index (χ1) is 11.4. The summed E-state index contributed by atoms with van der Waals surface area (Å²) in [5.41, 5.74) is 5.94. The van der Waals surface area contributed by atoms with Crippen LogP contribution in [0.4, 0.5) is 0 Å². The van der Waals surface area contributed by atoms with Crippen LogP contribution in [0.3, 0.4) is 0 Å². The lowest BCUT2D eigenvalue weighted by Crippen LogP contribution is -2.45. The molecule has 3 atom stereocenters. The van der Waals surface area contributed by atoms with Crippen LogP contribution in [-0.2, 0) is 14.4 Å². The molecule has 0 rings (SSSR count). The second kappa shape index (κ2) is 11.2. The van der Waals surface area contributed by atoms with Crippen molar-refractivity contribution in [1.82, 2.24) is 5.32 Å². The van der Waals surface area contributed by atoms with E-state index in [4.69, 9.17) is 5.73 Å². The zero-order valence-electron chi connectivity index (χ0n) is 16.5. The smallest absolute Gasteiger partial charge is 0.326 e. The standard InChI is InChI=1S/C19H36N2O4/c1-11(2)7-14(10-17(22)15(20)8-12(3)4)18(23)21-16(19(24)25)9-13(5)6/h11-16H,7-10,20H2,1-6H3,(H,21,23)(H,24,25)/t14-,15+,16+/m1/s1. The second-order valence-electron chi connectivity index (χ2n) is 8.26. The van der Waals surface area contributed by atoms with Crippen molar-refractivity contribution in [2.75, 3.05) is 0 Å². The number of hydrogen-bond acceptors (Lipinski definition) is 4. The number of carboxylic acids is 1. The van der Waals surface area contributed by atoms with E-state index in [1.54, 1.807) is 0 Å². The van der Waals surface area contributed by atoms with Crippen molar-refractivity contribution in [2.45, 2.75) is 79.3 Å². The Bertz CT molecular complexity index is 447. The van der Waals surface area contributed by atoms with Gasteiger partial charge in [-0.2, -0.15) is 0 Å². The first kappa shape index (κ1) is 23.6. The zero-order valence-corrected chi connectivity index (χ0v) is 16.5. The third-order valence-corrected chi connectivity index (χ3v) is 4.03. The number of nitrogens with two attached hydrogens (primary N) is 1. The molecular formula is C19H36N2O4. The summed E-state index contributed by atoms with van der Waals surface area (Å²) in [7, 11) is 0. The minimum absolute atomic E-state index is 0.0614. The van der Waals surface area contributed by atoms with Crippen molar-refractivity contribution in [1.29, 1.82) is 0 Å². The van der Waals surface area contributed by atoms with Crippen molar-refractivity contribution >= 4 is 17.7 Å². The van der Waals surface area contributed by atoms with Gasteiger partial charge in [-0.3, -0.25) is 9.59 Å². The van der Waals surface area contributed by atoms with Gasteiger partial charge in [-0.1, -0.05) is 41.5 Å². The van der Waals surface area contributed by atoms with Gasteiger partial charge in [0.2, 0.25) is 5.91 Å². The number of aliphatic carboxylic acids is 1. The zero-order chi connectivity index (χ0) is 19.7. The molecule has 6 nitrogen and oxygen atoms in total. The van der Waals surface area contributed by atoms with Crippen molar-refractivity contribution in [3.05, 3.63) is 0 Å². The fraction of sp³-hybridized carbons (Fsp3) is 0.842. The lowest BCUT2D eigenvalue weighted by Gasteiger charge is -2.23. The molecule has 6 heteroatoms. The largest absolute Gasteiger partial charge is 0.480 e. The number of carboxylic acid groups (broad SMARTS) is 1. The fourth-order valence-corrected chi connectivity index (χ4v) is 2.87. The molecule has 0 aliphatic heterocycles. The number of nitrogens with one attached hydrogen (secondary N) is 1. The molecule has 0 fully saturated rings. The summed E-state index contributed by atoms with van der Waals surface area (Å²) in [6.45, 7) is 11.7. The number of Topliss-reactive ketones (excluding diaryl/α,β-unsaturated/α-hetero) is 1. The van der Waals surface area contributed by atoms with Gasteiger partial charge in [0.25, 0.3) is 0 Å². The highest BCUT2D eigenvalue weighted by Gasteiger charge is 2.29. The monoisotopic (exact) mass is 356 g/mol. The predicted octanol–water partition coefficient (Wildman–Crippen LogP) is 2.60. The lowest BCUT2D eigenvalue weighted by molar-refractivity contribution is -0.143. The molecule has 0 bridgehead atoms. The summed E-state index contributed by atoms with van der Waals surface area (Å²) >= 11 is 0. The third kappa shape index (κ3) is 10.2. The maximum Gasteiger partial charge on any atom is 0.326 e. The summed E-state index contributed by atoms with van der Waals surface area (Å²) < 4.78 is 0. The molecule has 0 radical (unpaired) electrons. The van der Waals surface area contributed by atoms with Crippen LogP contribution >= 0.6 is 0 Å². The van der Waals surface area contributed by atoms with Crippen molar-refractivity contribution in [3.63, 3.8) is 0 Å². The lowest BCUT2D eigenvalue weighted by atomic mass is 9.88. The highest BCUT2D eigenvalue weighted by atomic mass is 16.4. The molecule has 0 aliphatic carbocycles. The van der Waals surface area contributed by atoms with Crippen LogP contribution in [0.25, 0.3) is 0 Å². The molecule has 0 unspecified atom stereocenters. The second-order valence-corrected chi connectivity index (χ2v) is 8.26. The van der Waals surface area contributed by atoms with Crippen LogP contribution < -0.4 is 11.1 Å². The first-order valence-corrected chi connectivity index (χ1v) is 9.25. The highest BCUT2D eigenvalue weighted by Crippen LogP contribution is 2.19. The number of carbonyl (C=O) groups is 3. The van der Waals surface area contributed by atoms with E-state index in [9.17, 15) is 19.5 Å². The topological polar surface area (TPSA) is 109 Å². The van der Waals surface area contributed by atoms with Crippen LogP contribution in [-0.4, -0.2) is 34.8 Å². The van der Waals surface area contributed by atoms with E-state index in [1.807, 2.05) is 41.5 Å². The van der Waals surface area contributed by atoms with Crippen LogP contribution in [0.15, 0.2) is 0 Å². The van der Waals surface area contributed by atoms with Crippen molar-refractivity contribution in [3.8, 4) is 0 Å². The maximum atomic E-state index is 12.6. The van der Waals surface area contributed by atoms with E-state index >= 15 is 0 Å². The Hall–Kier alpha value is -1.43. The highest BCUT2D eigenvalue weighted by molar-refractivity contribution is 5.91. The number of ketones is 1. The maximum absolute atomic E-state index is 12.6. The molecular weight excluding hydrogens is 320 g/mol. The number of rotatable bonds is 12. The van der Waals surface area contributed by atoms with Gasteiger partial charge in [0.1, 0.15) is 11.8 Å². The predicted molar refractivity (Wildman–Crippen MR) is 99.0 cm³/mol. The molecule has 1 amide bonds. The normalized spacial score (nSPS) is 15.3. The van der Waals surface area contributed by atoms with Gasteiger partial charge in [-0.15, -0.1) is 0 Å². The minimum Gasteiger partial charge on any atom is -0.480 e.